The van der Waals surface area contributed by atoms with Gasteiger partial charge in [0.15, 0.2) is 5.25 Å². The summed E-state index contributed by atoms with van der Waals surface area (Å²) in [6, 6.07) is 0. The van der Waals surface area contributed by atoms with Crippen molar-refractivity contribution < 1.29 is 13.2 Å². The van der Waals surface area contributed by atoms with Gasteiger partial charge >= 0.3 is 0 Å². The summed E-state index contributed by atoms with van der Waals surface area (Å²) in [6.45, 7) is 3.70. The summed E-state index contributed by atoms with van der Waals surface area (Å²) in [5.41, 5.74) is 5.24. The zero-order valence-electron chi connectivity index (χ0n) is 13.3. The van der Waals surface area contributed by atoms with E-state index in [0.717, 1.165) is 25.7 Å². The highest BCUT2D eigenvalue weighted by molar-refractivity contribution is 7.90. The van der Waals surface area contributed by atoms with Gasteiger partial charge in [0.1, 0.15) is 0 Å². The van der Waals surface area contributed by atoms with E-state index >= 15 is 0 Å². The SMILES string of the molecule is CC1CCCCC1(CN)NS(=O)(=O)C(C)C(=O)N(C)C.Cl. The van der Waals surface area contributed by atoms with Crippen LogP contribution in [0.15, 0.2) is 0 Å². The molecule has 3 atom stereocenters. The van der Waals surface area contributed by atoms with Crippen LogP contribution < -0.4 is 10.5 Å². The molecule has 1 aliphatic carbocycles. The van der Waals surface area contributed by atoms with Crippen LogP contribution in [0.4, 0.5) is 0 Å². The monoisotopic (exact) mass is 341 g/mol. The van der Waals surface area contributed by atoms with Gasteiger partial charge in [0.05, 0.1) is 0 Å². The van der Waals surface area contributed by atoms with E-state index in [1.807, 2.05) is 6.92 Å². The van der Waals surface area contributed by atoms with Gasteiger partial charge < -0.3 is 10.6 Å². The Balaban J connectivity index is 0.00000400. The van der Waals surface area contributed by atoms with Crippen LogP contribution in [0.5, 0.6) is 0 Å². The maximum atomic E-state index is 12.4. The minimum Gasteiger partial charge on any atom is -0.348 e. The second kappa shape index (κ2) is 7.76. The molecule has 3 unspecified atom stereocenters. The Kier molecular flexibility index (Phi) is 7.62. The van der Waals surface area contributed by atoms with Crippen molar-refractivity contribution >= 4 is 28.3 Å². The lowest BCUT2D eigenvalue weighted by Gasteiger charge is -2.42. The molecule has 1 fully saturated rings. The van der Waals surface area contributed by atoms with Crippen molar-refractivity contribution in [1.29, 1.82) is 0 Å². The molecule has 126 valence electrons. The number of carbonyl (C=O) groups excluding carboxylic acids is 1. The molecule has 1 saturated carbocycles. The Morgan fingerprint density at radius 2 is 2.00 bits per heavy atom. The van der Waals surface area contributed by atoms with E-state index in [-0.39, 0.29) is 24.9 Å². The summed E-state index contributed by atoms with van der Waals surface area (Å²) >= 11 is 0. The molecule has 0 spiro atoms. The molecule has 0 radical (unpaired) electrons. The van der Waals surface area contributed by atoms with Gasteiger partial charge in [-0.3, -0.25) is 4.79 Å². The van der Waals surface area contributed by atoms with Crippen molar-refractivity contribution in [2.45, 2.75) is 50.3 Å². The van der Waals surface area contributed by atoms with Gasteiger partial charge in [-0.25, -0.2) is 13.1 Å². The summed E-state index contributed by atoms with van der Waals surface area (Å²) < 4.78 is 27.6. The zero-order chi connectivity index (χ0) is 15.6. The van der Waals surface area contributed by atoms with Crippen LogP contribution in [0, 0.1) is 5.92 Å². The van der Waals surface area contributed by atoms with Crippen molar-refractivity contribution in [1.82, 2.24) is 9.62 Å². The number of nitrogens with two attached hydrogens (primary N) is 1. The number of hydrogen-bond donors (Lipinski definition) is 2. The van der Waals surface area contributed by atoms with Crippen LogP contribution in [-0.2, 0) is 14.8 Å². The average molecular weight is 342 g/mol. The molecule has 0 bridgehead atoms. The van der Waals surface area contributed by atoms with Gasteiger partial charge in [-0.1, -0.05) is 19.8 Å². The van der Waals surface area contributed by atoms with Gasteiger partial charge in [-0.15, -0.1) is 12.4 Å². The van der Waals surface area contributed by atoms with E-state index in [1.54, 1.807) is 14.1 Å². The van der Waals surface area contributed by atoms with Crippen LogP contribution >= 0.6 is 12.4 Å². The van der Waals surface area contributed by atoms with Crippen LogP contribution in [0.1, 0.15) is 39.5 Å². The number of amides is 1. The fraction of sp³-hybridized carbons (Fsp3) is 0.923. The maximum absolute atomic E-state index is 12.4. The van der Waals surface area contributed by atoms with Crippen LogP contribution in [0.2, 0.25) is 0 Å². The zero-order valence-corrected chi connectivity index (χ0v) is 14.9. The predicted molar refractivity (Wildman–Crippen MR) is 86.9 cm³/mol. The van der Waals surface area contributed by atoms with Crippen LogP contribution in [0.25, 0.3) is 0 Å². The third-order valence-corrected chi connectivity index (χ3v) is 6.24. The molecule has 1 aliphatic rings. The van der Waals surface area contributed by atoms with Gasteiger partial charge in [0.2, 0.25) is 15.9 Å². The van der Waals surface area contributed by atoms with Crippen LogP contribution in [-0.4, -0.2) is 50.7 Å². The minimum atomic E-state index is -3.73. The van der Waals surface area contributed by atoms with E-state index in [4.69, 9.17) is 5.73 Å². The second-order valence-electron chi connectivity index (χ2n) is 6.03. The maximum Gasteiger partial charge on any atom is 0.241 e. The van der Waals surface area contributed by atoms with E-state index in [2.05, 4.69) is 4.72 Å². The number of rotatable bonds is 5. The minimum absolute atomic E-state index is 0. The molecule has 0 aromatic rings. The van der Waals surface area contributed by atoms with E-state index in [9.17, 15) is 13.2 Å². The number of nitrogens with one attached hydrogen (secondary N) is 1. The summed E-state index contributed by atoms with van der Waals surface area (Å²) in [6.07, 6.45) is 3.74. The standard InChI is InChI=1S/C13H27N3O3S.ClH/c1-10-7-5-6-8-13(10,9-14)15-20(18,19)11(2)12(17)16(3)4;/h10-11,15H,5-9,14H2,1-4H3;1H. The number of sulfonamides is 1. The van der Waals surface area contributed by atoms with Crippen molar-refractivity contribution in [3.8, 4) is 0 Å². The Hall–Kier alpha value is -0.370. The Labute approximate surface area is 134 Å². The fourth-order valence-electron chi connectivity index (χ4n) is 2.78. The van der Waals surface area contributed by atoms with E-state index in [1.165, 1.54) is 11.8 Å². The third kappa shape index (κ3) is 4.55. The normalized spacial score (nSPS) is 27.6. The summed E-state index contributed by atoms with van der Waals surface area (Å²) in [7, 11) is -0.625. The second-order valence-corrected chi connectivity index (χ2v) is 8.03. The topological polar surface area (TPSA) is 92.5 Å². The summed E-state index contributed by atoms with van der Waals surface area (Å²) in [5.74, 6) is -0.245. The molecular formula is C13H28ClN3O3S. The average Bonchev–Trinajstić information content (AvgIpc) is 2.39. The molecule has 6 nitrogen and oxygen atoms in total. The molecule has 0 aliphatic heterocycles. The number of nitrogens with zero attached hydrogens (tertiary/aromatic N) is 1. The van der Waals surface area contributed by atoms with E-state index < -0.39 is 26.7 Å². The molecule has 8 heteroatoms. The Morgan fingerprint density at radius 1 is 1.43 bits per heavy atom. The summed E-state index contributed by atoms with van der Waals surface area (Å²) in [5, 5.41) is -1.10. The molecule has 0 aromatic heterocycles. The molecular weight excluding hydrogens is 314 g/mol. The largest absolute Gasteiger partial charge is 0.348 e. The van der Waals surface area contributed by atoms with Crippen molar-refractivity contribution in [3.05, 3.63) is 0 Å². The Bertz CT molecular complexity index is 456. The molecule has 0 heterocycles. The summed E-state index contributed by atoms with van der Waals surface area (Å²) in [4.78, 5) is 13.2. The molecule has 1 rings (SSSR count). The van der Waals surface area contributed by atoms with Gasteiger partial charge in [-0.05, 0) is 25.7 Å². The van der Waals surface area contributed by atoms with Crippen LogP contribution in [0.3, 0.4) is 0 Å². The lowest BCUT2D eigenvalue weighted by Crippen LogP contribution is -2.61. The number of hydrogen-bond acceptors (Lipinski definition) is 4. The third-order valence-electron chi connectivity index (χ3n) is 4.42. The fourth-order valence-corrected chi connectivity index (χ4v) is 4.38. The quantitative estimate of drug-likeness (QED) is 0.770. The molecule has 0 saturated heterocycles. The van der Waals surface area contributed by atoms with Crippen molar-refractivity contribution in [2.24, 2.45) is 11.7 Å². The van der Waals surface area contributed by atoms with Crippen molar-refractivity contribution in [2.75, 3.05) is 20.6 Å². The molecule has 0 aromatic carbocycles. The lowest BCUT2D eigenvalue weighted by molar-refractivity contribution is -0.127. The van der Waals surface area contributed by atoms with Gasteiger partial charge in [0.25, 0.3) is 0 Å². The molecule has 21 heavy (non-hydrogen) atoms. The lowest BCUT2D eigenvalue weighted by atomic mass is 9.74. The first-order valence-electron chi connectivity index (χ1n) is 7.10. The first kappa shape index (κ1) is 20.6. The Morgan fingerprint density at radius 3 is 2.43 bits per heavy atom. The predicted octanol–water partition coefficient (Wildman–Crippen LogP) is 0.712. The van der Waals surface area contributed by atoms with Crippen molar-refractivity contribution in [3.63, 3.8) is 0 Å². The first-order chi connectivity index (χ1) is 9.16. The van der Waals surface area contributed by atoms with Gasteiger partial charge in [0, 0.05) is 26.2 Å². The smallest absolute Gasteiger partial charge is 0.241 e. The highest BCUT2D eigenvalue weighted by Gasteiger charge is 2.42. The highest BCUT2D eigenvalue weighted by Crippen LogP contribution is 2.33. The first-order valence-corrected chi connectivity index (χ1v) is 8.65. The molecule has 3 N–H and O–H groups in total. The van der Waals surface area contributed by atoms with Gasteiger partial charge in [-0.2, -0.15) is 0 Å². The highest BCUT2D eigenvalue weighted by atomic mass is 35.5. The molecule has 1 amide bonds. The number of halogens is 1. The number of carbonyl (C=O) groups is 1. The van der Waals surface area contributed by atoms with E-state index in [0.29, 0.717) is 0 Å².